The van der Waals surface area contributed by atoms with Gasteiger partial charge in [0.15, 0.2) is 6.61 Å². The first-order valence-corrected chi connectivity index (χ1v) is 11.6. The second-order valence-electron chi connectivity index (χ2n) is 7.37. The van der Waals surface area contributed by atoms with Gasteiger partial charge in [0, 0.05) is 29.3 Å². The fraction of sp³-hybridized carbons (Fsp3) is 0.333. The van der Waals surface area contributed by atoms with Gasteiger partial charge in [-0.2, -0.15) is 8.78 Å². The molecule has 0 aliphatic carbocycles. The topological polar surface area (TPSA) is 83.2 Å². The van der Waals surface area contributed by atoms with Crippen molar-refractivity contribution >= 4 is 26.6 Å². The third-order valence-corrected chi connectivity index (χ3v) is 5.23. The molecular weight excluding hydrogens is 450 g/mol. The minimum atomic E-state index is -4.20. The van der Waals surface area contributed by atoms with Crippen LogP contribution in [0, 0.1) is 0 Å². The summed E-state index contributed by atoms with van der Waals surface area (Å²) >= 11 is 0. The summed E-state index contributed by atoms with van der Waals surface area (Å²) in [6.07, 6.45) is -0.188. The molecule has 1 heterocycles. The maximum atomic E-state index is 13.0. The first kappa shape index (κ1) is 23.9. The highest BCUT2D eigenvalue weighted by Crippen LogP contribution is 2.25. The second-order valence-corrected chi connectivity index (χ2v) is 9.12. The molecule has 32 heavy (non-hydrogen) atoms. The fourth-order valence-electron chi connectivity index (χ4n) is 3.11. The molecule has 0 amide bonds. The van der Waals surface area contributed by atoms with Crippen LogP contribution in [0.4, 0.5) is 23.2 Å². The van der Waals surface area contributed by atoms with Crippen LogP contribution < -0.4 is 14.8 Å². The summed E-state index contributed by atoms with van der Waals surface area (Å²) in [5, 5.41) is 4.13. The standard InChI is InChI=1S/C21H23F4N3O3S/c1-32(29,30)28-16-5-6-19-18(10-16)15(12-27-19)7-8-26-11-14-3-2-4-17(9-14)31-13-21(24,25)20(22)23/h2-6,9-10,12,20,26-28H,7-8,11,13H2,1H3. The molecule has 0 unspecified atom stereocenters. The predicted octanol–water partition coefficient (Wildman–Crippen LogP) is 4.15. The summed E-state index contributed by atoms with van der Waals surface area (Å²) in [6.45, 7) is -0.380. The van der Waals surface area contributed by atoms with Crippen molar-refractivity contribution in [3.63, 3.8) is 0 Å². The summed E-state index contributed by atoms with van der Waals surface area (Å²) in [5.41, 5.74) is 3.10. The Kier molecular flexibility index (Phi) is 7.29. The largest absolute Gasteiger partial charge is 0.487 e. The van der Waals surface area contributed by atoms with Crippen LogP contribution in [-0.4, -0.2) is 45.2 Å². The Bertz CT molecular complexity index is 1170. The lowest BCUT2D eigenvalue weighted by atomic mass is 10.1. The number of fused-ring (bicyclic) bond motifs is 1. The van der Waals surface area contributed by atoms with Gasteiger partial charge in [0.2, 0.25) is 10.0 Å². The number of anilines is 1. The van der Waals surface area contributed by atoms with Gasteiger partial charge in [-0.05, 0) is 54.4 Å². The first-order valence-electron chi connectivity index (χ1n) is 9.70. The molecule has 0 aliphatic rings. The lowest BCUT2D eigenvalue weighted by Gasteiger charge is -2.16. The Morgan fingerprint density at radius 2 is 1.94 bits per heavy atom. The van der Waals surface area contributed by atoms with Crippen molar-refractivity contribution in [3.8, 4) is 5.75 Å². The van der Waals surface area contributed by atoms with Crippen LogP contribution in [0.2, 0.25) is 0 Å². The van der Waals surface area contributed by atoms with Gasteiger partial charge in [-0.1, -0.05) is 12.1 Å². The summed E-state index contributed by atoms with van der Waals surface area (Å²) in [4.78, 5) is 3.14. The van der Waals surface area contributed by atoms with Gasteiger partial charge in [-0.3, -0.25) is 4.72 Å². The van der Waals surface area contributed by atoms with Gasteiger partial charge < -0.3 is 15.0 Å². The second kappa shape index (κ2) is 9.78. The molecule has 1 aromatic heterocycles. The van der Waals surface area contributed by atoms with Crippen LogP contribution in [0.5, 0.6) is 5.75 Å². The number of alkyl halides is 4. The number of aromatic amines is 1. The van der Waals surface area contributed by atoms with E-state index in [-0.39, 0.29) is 5.75 Å². The lowest BCUT2D eigenvalue weighted by Crippen LogP contribution is -2.33. The third-order valence-electron chi connectivity index (χ3n) is 4.62. The molecule has 3 aromatic rings. The predicted molar refractivity (Wildman–Crippen MR) is 115 cm³/mol. The highest BCUT2D eigenvalue weighted by atomic mass is 32.2. The molecule has 0 aliphatic heterocycles. The quantitative estimate of drug-likeness (QED) is 0.289. The van der Waals surface area contributed by atoms with E-state index in [0.29, 0.717) is 25.2 Å². The zero-order chi connectivity index (χ0) is 23.4. The molecule has 0 spiro atoms. The molecule has 6 nitrogen and oxygen atoms in total. The van der Waals surface area contributed by atoms with Gasteiger partial charge in [0.1, 0.15) is 5.75 Å². The number of sulfonamides is 1. The van der Waals surface area contributed by atoms with Gasteiger partial charge in [0.25, 0.3) is 0 Å². The number of rotatable bonds is 11. The molecule has 2 aromatic carbocycles. The molecule has 0 saturated carbocycles. The first-order chi connectivity index (χ1) is 15.0. The van der Waals surface area contributed by atoms with E-state index >= 15 is 0 Å². The molecule has 3 N–H and O–H groups in total. The van der Waals surface area contributed by atoms with E-state index in [1.807, 2.05) is 6.20 Å². The summed E-state index contributed by atoms with van der Waals surface area (Å²) in [7, 11) is -3.38. The number of benzene rings is 2. The van der Waals surface area contributed by atoms with E-state index < -0.39 is 29.0 Å². The number of nitrogens with one attached hydrogen (secondary N) is 3. The number of hydrogen-bond acceptors (Lipinski definition) is 4. The fourth-order valence-corrected chi connectivity index (χ4v) is 3.66. The van der Waals surface area contributed by atoms with Crippen molar-refractivity contribution in [2.75, 3.05) is 24.1 Å². The van der Waals surface area contributed by atoms with Crippen LogP contribution in [0.15, 0.2) is 48.7 Å². The Balaban J connectivity index is 1.54. The van der Waals surface area contributed by atoms with Crippen LogP contribution >= 0.6 is 0 Å². The van der Waals surface area contributed by atoms with Gasteiger partial charge in [-0.25, -0.2) is 17.2 Å². The van der Waals surface area contributed by atoms with Gasteiger partial charge >= 0.3 is 12.3 Å². The zero-order valence-electron chi connectivity index (χ0n) is 17.2. The van der Waals surface area contributed by atoms with Crippen LogP contribution in [-0.2, 0) is 23.0 Å². The van der Waals surface area contributed by atoms with Crippen molar-refractivity contribution in [2.45, 2.75) is 25.3 Å². The third kappa shape index (κ3) is 6.60. The highest BCUT2D eigenvalue weighted by molar-refractivity contribution is 7.92. The number of aromatic nitrogens is 1. The SMILES string of the molecule is CS(=O)(=O)Nc1ccc2[nH]cc(CCNCc3cccc(OCC(F)(F)C(F)F)c3)c2c1. The van der Waals surface area contributed by atoms with Crippen molar-refractivity contribution in [2.24, 2.45) is 0 Å². The number of H-pyrrole nitrogens is 1. The monoisotopic (exact) mass is 473 g/mol. The Morgan fingerprint density at radius 3 is 2.66 bits per heavy atom. The number of halogens is 4. The molecule has 0 fully saturated rings. The van der Waals surface area contributed by atoms with Crippen molar-refractivity contribution in [1.82, 2.24) is 10.3 Å². The van der Waals surface area contributed by atoms with Crippen LogP contribution in [0.1, 0.15) is 11.1 Å². The van der Waals surface area contributed by atoms with E-state index in [0.717, 1.165) is 28.3 Å². The van der Waals surface area contributed by atoms with Crippen LogP contribution in [0.25, 0.3) is 10.9 Å². The van der Waals surface area contributed by atoms with Crippen LogP contribution in [0.3, 0.4) is 0 Å². The smallest absolute Gasteiger partial charge is 0.340 e. The molecular formula is C21H23F4N3O3S. The maximum absolute atomic E-state index is 13.0. The van der Waals surface area contributed by atoms with Gasteiger partial charge in [0.05, 0.1) is 6.26 Å². The van der Waals surface area contributed by atoms with E-state index in [1.54, 1.807) is 30.3 Å². The molecule has 3 rings (SSSR count). The normalized spacial score (nSPS) is 12.4. The Morgan fingerprint density at radius 1 is 1.16 bits per heavy atom. The zero-order valence-corrected chi connectivity index (χ0v) is 18.0. The number of ether oxygens (including phenoxy) is 1. The minimum absolute atomic E-state index is 0.0900. The Hall–Kier alpha value is -2.79. The summed E-state index contributed by atoms with van der Waals surface area (Å²) in [6, 6.07) is 11.5. The van der Waals surface area contributed by atoms with E-state index in [4.69, 9.17) is 4.74 Å². The molecule has 0 saturated heterocycles. The lowest BCUT2D eigenvalue weighted by molar-refractivity contribution is -0.148. The van der Waals surface area contributed by atoms with E-state index in [1.165, 1.54) is 12.1 Å². The molecule has 0 bridgehead atoms. The molecule has 174 valence electrons. The molecule has 11 heteroatoms. The van der Waals surface area contributed by atoms with E-state index in [9.17, 15) is 26.0 Å². The van der Waals surface area contributed by atoms with Crippen molar-refractivity contribution in [3.05, 3.63) is 59.8 Å². The molecule has 0 atom stereocenters. The maximum Gasteiger partial charge on any atom is 0.340 e. The summed E-state index contributed by atoms with van der Waals surface area (Å²) < 4.78 is 80.6. The number of hydrogen-bond donors (Lipinski definition) is 3. The minimum Gasteiger partial charge on any atom is -0.487 e. The highest BCUT2D eigenvalue weighted by Gasteiger charge is 2.41. The molecule has 0 radical (unpaired) electrons. The van der Waals surface area contributed by atoms with Crippen molar-refractivity contribution in [1.29, 1.82) is 0 Å². The average molecular weight is 473 g/mol. The van der Waals surface area contributed by atoms with E-state index in [2.05, 4.69) is 15.0 Å². The summed E-state index contributed by atoms with van der Waals surface area (Å²) in [5.74, 6) is -4.11. The van der Waals surface area contributed by atoms with Crippen molar-refractivity contribution < 1.29 is 30.7 Å². The Labute approximate surface area is 183 Å². The van der Waals surface area contributed by atoms with Gasteiger partial charge in [-0.15, -0.1) is 0 Å². The average Bonchev–Trinajstić information content (AvgIpc) is 3.11.